The van der Waals surface area contributed by atoms with Crippen LogP contribution >= 0.6 is 0 Å². The molecule has 0 radical (unpaired) electrons. The average Bonchev–Trinajstić information content (AvgIpc) is 3.27. The molecule has 0 N–H and O–H groups in total. The quantitative estimate of drug-likeness (QED) is 0.125. The molecule has 0 amide bonds. The molecule has 27 nitrogen and oxygen atoms in total. The van der Waals surface area contributed by atoms with Crippen molar-refractivity contribution in [3.05, 3.63) is 35.9 Å². The molecule has 1 aliphatic carbocycles. The van der Waals surface area contributed by atoms with E-state index in [-0.39, 0.29) is 6.61 Å². The monoisotopic (exact) mass is 1060 g/mol. The van der Waals surface area contributed by atoms with Gasteiger partial charge in [-0.25, -0.2) is 0 Å². The molecule has 3 aliphatic rings. The lowest BCUT2D eigenvalue weighted by atomic mass is 9.83. The van der Waals surface area contributed by atoms with Gasteiger partial charge >= 0.3 is 65.7 Å². The number of benzene rings is 1. The lowest BCUT2D eigenvalue weighted by molar-refractivity contribution is -0.373. The highest BCUT2D eigenvalue weighted by atomic mass is 16.8. The third-order valence-electron chi connectivity index (χ3n) is 10.6. The molecule has 4 rings (SSSR count). The van der Waals surface area contributed by atoms with E-state index in [2.05, 4.69) is 0 Å². The number of esters is 11. The number of carbonyl (C=O) groups is 11. The van der Waals surface area contributed by atoms with Gasteiger partial charge in [0.1, 0.15) is 43.7 Å². The van der Waals surface area contributed by atoms with Crippen molar-refractivity contribution in [2.24, 2.45) is 0 Å². The van der Waals surface area contributed by atoms with Crippen LogP contribution in [0.4, 0.5) is 0 Å². The topological polar surface area (TPSA) is 335 Å². The fourth-order valence-electron chi connectivity index (χ4n) is 8.27. The highest BCUT2D eigenvalue weighted by molar-refractivity contribution is 5.71. The first kappa shape index (κ1) is 59.8. The van der Waals surface area contributed by atoms with Gasteiger partial charge in [-0.05, 0) is 5.56 Å². The number of rotatable bonds is 20. The molecule has 2 unspecified atom stereocenters. The van der Waals surface area contributed by atoms with Gasteiger partial charge in [0.25, 0.3) is 0 Å². The van der Waals surface area contributed by atoms with Crippen molar-refractivity contribution in [3.63, 3.8) is 0 Å². The molecule has 2 heterocycles. The first-order chi connectivity index (χ1) is 34.7. The number of hydrogen-bond acceptors (Lipinski definition) is 27. The lowest BCUT2D eigenvalue weighted by Gasteiger charge is -2.51. The molecule has 3 fully saturated rings. The molecule has 27 heteroatoms. The van der Waals surface area contributed by atoms with Gasteiger partial charge in [-0.2, -0.15) is 0 Å². The van der Waals surface area contributed by atoms with Crippen LogP contribution in [0, 0.1) is 0 Å². The van der Waals surface area contributed by atoms with Crippen molar-refractivity contribution in [1.82, 2.24) is 0 Å². The van der Waals surface area contributed by atoms with E-state index < -0.39 is 177 Å². The maximum Gasteiger partial charge on any atom is 0.303 e. The first-order valence-corrected chi connectivity index (χ1v) is 22.8. The molecule has 0 bridgehead atoms. The van der Waals surface area contributed by atoms with Crippen LogP contribution in [0.5, 0.6) is 0 Å². The zero-order valence-corrected chi connectivity index (χ0v) is 42.3. The van der Waals surface area contributed by atoms with Crippen molar-refractivity contribution in [2.45, 2.75) is 181 Å². The third kappa shape index (κ3) is 17.4. The van der Waals surface area contributed by atoms with Crippen LogP contribution in [-0.4, -0.2) is 177 Å². The van der Waals surface area contributed by atoms with Gasteiger partial charge in [-0.15, -0.1) is 0 Å². The maximum atomic E-state index is 13.2. The minimum absolute atomic E-state index is 0.241. The van der Waals surface area contributed by atoms with Gasteiger partial charge in [0.05, 0.1) is 6.61 Å². The molecule has 16 atom stereocenters. The summed E-state index contributed by atoms with van der Waals surface area (Å²) < 4.78 is 93.1. The Hall–Kier alpha value is -6.81. The van der Waals surface area contributed by atoms with Gasteiger partial charge < -0.3 is 75.8 Å². The van der Waals surface area contributed by atoms with Gasteiger partial charge in [-0.1, -0.05) is 30.3 Å². The molecule has 1 aromatic carbocycles. The van der Waals surface area contributed by atoms with Crippen molar-refractivity contribution >= 4 is 65.7 Å². The SMILES string of the molecule is CC(=O)OC[C@H]1O[C@@H](O[C@H]2[C@H](OC(C)=O)[C@@H](OC(C)=O)[C@H](OC3[C@@H](OC(C)=O)[C@H](OC(C)=O)C(OCc4ccccc4)[C@H](OC(C)=O)[C@H]3OC(C)=O)O[C@@H]2COC(C)=O)[C@H](OC(C)=O)[C@@H](OC(C)=O)[C@@H]1OC(C)=O. The molecular formula is C47H60O27. The Labute approximate surface area is 423 Å². The third-order valence-corrected chi connectivity index (χ3v) is 10.6. The summed E-state index contributed by atoms with van der Waals surface area (Å²) in [6.45, 7) is 8.99. The molecule has 74 heavy (non-hydrogen) atoms. The summed E-state index contributed by atoms with van der Waals surface area (Å²) in [7, 11) is 0. The predicted octanol–water partition coefficient (Wildman–Crippen LogP) is 0.317. The largest absolute Gasteiger partial charge is 0.463 e. The van der Waals surface area contributed by atoms with E-state index in [1.54, 1.807) is 30.3 Å². The normalized spacial score (nSPS) is 30.4. The summed E-state index contributed by atoms with van der Waals surface area (Å²) in [6, 6.07) is 8.48. The lowest BCUT2D eigenvalue weighted by Crippen LogP contribution is -2.71. The van der Waals surface area contributed by atoms with Crippen LogP contribution in [0.2, 0.25) is 0 Å². The second-order valence-electron chi connectivity index (χ2n) is 16.8. The summed E-state index contributed by atoms with van der Waals surface area (Å²) in [4.78, 5) is 140. The van der Waals surface area contributed by atoms with E-state index >= 15 is 0 Å². The van der Waals surface area contributed by atoms with E-state index in [9.17, 15) is 52.7 Å². The number of ether oxygens (including phenoxy) is 16. The molecule has 0 spiro atoms. The summed E-state index contributed by atoms with van der Waals surface area (Å²) in [5, 5.41) is 0. The Balaban J connectivity index is 1.97. The van der Waals surface area contributed by atoms with Crippen LogP contribution in [-0.2, 0) is 135 Å². The summed E-state index contributed by atoms with van der Waals surface area (Å²) in [5.74, 6) is -10.9. The van der Waals surface area contributed by atoms with Crippen molar-refractivity contribution in [3.8, 4) is 0 Å². The summed E-state index contributed by atoms with van der Waals surface area (Å²) >= 11 is 0. The van der Waals surface area contributed by atoms with Crippen molar-refractivity contribution < 1.29 is 129 Å². The number of carbonyl (C=O) groups excluding carboxylic acids is 11. The molecule has 1 aromatic rings. The molecule has 1 saturated carbocycles. The average molecular weight is 1060 g/mol. The summed E-state index contributed by atoms with van der Waals surface area (Å²) in [6.07, 6.45) is -29.7. The zero-order chi connectivity index (χ0) is 55.1. The fraction of sp³-hybridized carbons (Fsp3) is 0.638. The van der Waals surface area contributed by atoms with E-state index in [4.69, 9.17) is 75.8 Å². The van der Waals surface area contributed by atoms with Crippen LogP contribution < -0.4 is 0 Å². The Morgan fingerprint density at radius 2 is 0.622 bits per heavy atom. The smallest absolute Gasteiger partial charge is 0.303 e. The standard InChI is InChI=1S/C47H60O27/c1-20(48)59-18-32-34(62-22(3)50)37(63-23(4)51)44(69-29(10)57)46(71-32)73-35-33(19-60-21(2)49)72-47(45(70-30(11)58)38(35)64-24(5)52)74-43-41(67-27(8)55)39(65-25(6)53)36(61-17-31-15-13-12-14-16-31)40(66-26(7)54)42(43)68-28(9)56/h12-16,32-47H,17-19H2,1-11H3/t32-,33-,34-,35-,36?,37+,38+,39-,40+,41+,42-,43?,44-,45-,46+,47+/m1/s1. The van der Waals surface area contributed by atoms with E-state index in [1.165, 1.54) is 0 Å². The van der Waals surface area contributed by atoms with Crippen LogP contribution in [0.3, 0.4) is 0 Å². The summed E-state index contributed by atoms with van der Waals surface area (Å²) in [5.41, 5.74) is 0.567. The van der Waals surface area contributed by atoms with Crippen LogP contribution in [0.25, 0.3) is 0 Å². The highest BCUT2D eigenvalue weighted by Gasteiger charge is 2.63. The van der Waals surface area contributed by atoms with Crippen molar-refractivity contribution in [2.75, 3.05) is 13.2 Å². The minimum Gasteiger partial charge on any atom is -0.463 e. The molecule has 2 aliphatic heterocycles. The minimum atomic E-state index is -2.14. The van der Waals surface area contributed by atoms with E-state index in [0.717, 1.165) is 76.2 Å². The maximum absolute atomic E-state index is 13.2. The Kier molecular flexibility index (Phi) is 22.2. The number of hydrogen-bond donors (Lipinski definition) is 0. The Bertz CT molecular complexity index is 2150. The zero-order valence-electron chi connectivity index (χ0n) is 42.3. The van der Waals surface area contributed by atoms with Crippen molar-refractivity contribution in [1.29, 1.82) is 0 Å². The Morgan fingerprint density at radius 3 is 0.973 bits per heavy atom. The second kappa shape index (κ2) is 27.5. The van der Waals surface area contributed by atoms with E-state index in [1.807, 2.05) is 0 Å². The van der Waals surface area contributed by atoms with Gasteiger partial charge in [0, 0.05) is 76.2 Å². The van der Waals surface area contributed by atoms with Gasteiger partial charge in [-0.3, -0.25) is 52.7 Å². The van der Waals surface area contributed by atoms with Gasteiger partial charge in [0.2, 0.25) is 0 Å². The Morgan fingerprint density at radius 1 is 0.338 bits per heavy atom. The van der Waals surface area contributed by atoms with Crippen LogP contribution in [0.15, 0.2) is 30.3 Å². The molecule has 2 saturated heterocycles. The van der Waals surface area contributed by atoms with Gasteiger partial charge in [0.15, 0.2) is 67.5 Å². The van der Waals surface area contributed by atoms with E-state index in [0.29, 0.717) is 5.56 Å². The fourth-order valence-corrected chi connectivity index (χ4v) is 8.27. The second-order valence-corrected chi connectivity index (χ2v) is 16.8. The predicted molar refractivity (Wildman–Crippen MR) is 235 cm³/mol. The first-order valence-electron chi connectivity index (χ1n) is 22.8. The molecule has 0 aromatic heterocycles. The molecule has 410 valence electrons. The highest BCUT2D eigenvalue weighted by Crippen LogP contribution is 2.40. The molecular weight excluding hydrogens is 996 g/mol. The van der Waals surface area contributed by atoms with Crippen LogP contribution in [0.1, 0.15) is 81.7 Å².